The number of hydrogen-bond donors (Lipinski definition) is 2. The van der Waals surface area contributed by atoms with E-state index in [1.54, 1.807) is 24.5 Å². The number of hydrogen-bond acceptors (Lipinski definition) is 4. The fourth-order valence-electron chi connectivity index (χ4n) is 1.20. The number of anilines is 2. The molecule has 0 aromatic carbocycles. The van der Waals surface area contributed by atoms with Gasteiger partial charge in [0.15, 0.2) is 0 Å². The number of rotatable bonds is 3. The summed E-state index contributed by atoms with van der Waals surface area (Å²) in [6.45, 7) is 0. The second-order valence-corrected chi connectivity index (χ2v) is 3.10. The zero-order valence-electron chi connectivity index (χ0n) is 8.29. The van der Waals surface area contributed by atoms with Gasteiger partial charge in [-0.3, -0.25) is 4.98 Å². The Balaban J connectivity index is 2.14. The molecule has 0 saturated carbocycles. The maximum atomic E-state index is 10.6. The summed E-state index contributed by atoms with van der Waals surface area (Å²) < 4.78 is 0. The van der Waals surface area contributed by atoms with Crippen molar-refractivity contribution in [1.29, 1.82) is 0 Å². The molecule has 0 saturated heterocycles. The fraction of sp³-hybridized carbons (Fsp3) is 0. The molecule has 0 bridgehead atoms. The molecule has 0 aliphatic rings. The largest absolute Gasteiger partial charge is 0.477 e. The first kappa shape index (κ1) is 10.1. The number of carbonyl (C=O) groups is 1. The molecule has 0 aliphatic carbocycles. The molecule has 5 nitrogen and oxygen atoms in total. The molecule has 2 aromatic rings. The lowest BCUT2D eigenvalue weighted by molar-refractivity contribution is 0.0690. The van der Waals surface area contributed by atoms with Crippen LogP contribution in [0.4, 0.5) is 11.4 Å². The SMILES string of the molecule is O=C(O)c1ccc(Nc2cccnc2)cn1. The Hall–Kier alpha value is -2.43. The zero-order valence-corrected chi connectivity index (χ0v) is 8.29. The Bertz CT molecular complexity index is 482. The summed E-state index contributed by atoms with van der Waals surface area (Å²) >= 11 is 0. The normalized spacial score (nSPS) is 9.75. The lowest BCUT2D eigenvalue weighted by Gasteiger charge is -2.04. The standard InChI is InChI=1S/C11H9N3O2/c15-11(16)10-4-3-9(7-13-10)14-8-2-1-5-12-6-8/h1-7,14H,(H,15,16). The van der Waals surface area contributed by atoms with Gasteiger partial charge >= 0.3 is 5.97 Å². The maximum absolute atomic E-state index is 10.6. The van der Waals surface area contributed by atoms with Crippen LogP contribution in [0.3, 0.4) is 0 Å². The number of pyridine rings is 2. The van der Waals surface area contributed by atoms with Crippen LogP contribution in [0.15, 0.2) is 42.9 Å². The minimum atomic E-state index is -1.03. The van der Waals surface area contributed by atoms with Crippen molar-refractivity contribution < 1.29 is 9.90 Å². The van der Waals surface area contributed by atoms with Crippen LogP contribution >= 0.6 is 0 Å². The molecular formula is C11H9N3O2. The number of carboxylic acid groups (broad SMARTS) is 1. The van der Waals surface area contributed by atoms with Gasteiger partial charge in [-0.25, -0.2) is 9.78 Å². The lowest BCUT2D eigenvalue weighted by atomic mass is 10.3. The summed E-state index contributed by atoms with van der Waals surface area (Å²) in [5, 5.41) is 11.7. The third kappa shape index (κ3) is 2.33. The van der Waals surface area contributed by atoms with Gasteiger partial charge in [-0.05, 0) is 24.3 Å². The summed E-state index contributed by atoms with van der Waals surface area (Å²) in [5.41, 5.74) is 1.57. The van der Waals surface area contributed by atoms with E-state index >= 15 is 0 Å². The zero-order chi connectivity index (χ0) is 11.4. The molecule has 2 aromatic heterocycles. The number of aromatic carboxylic acids is 1. The molecule has 5 heteroatoms. The predicted octanol–water partition coefficient (Wildman–Crippen LogP) is 1.92. The van der Waals surface area contributed by atoms with Crippen molar-refractivity contribution >= 4 is 17.3 Å². The lowest BCUT2D eigenvalue weighted by Crippen LogP contribution is -2.00. The molecule has 0 amide bonds. The van der Waals surface area contributed by atoms with Gasteiger partial charge in [0.2, 0.25) is 0 Å². The van der Waals surface area contributed by atoms with Crippen LogP contribution in [0.1, 0.15) is 10.5 Å². The molecule has 0 atom stereocenters. The molecule has 0 spiro atoms. The average Bonchev–Trinajstić information content (AvgIpc) is 2.31. The van der Waals surface area contributed by atoms with Gasteiger partial charge in [-0.1, -0.05) is 0 Å². The average molecular weight is 215 g/mol. The van der Waals surface area contributed by atoms with E-state index in [0.29, 0.717) is 0 Å². The highest BCUT2D eigenvalue weighted by Gasteiger charge is 2.03. The highest BCUT2D eigenvalue weighted by atomic mass is 16.4. The first-order valence-corrected chi connectivity index (χ1v) is 4.62. The van der Waals surface area contributed by atoms with E-state index in [-0.39, 0.29) is 5.69 Å². The minimum Gasteiger partial charge on any atom is -0.477 e. The molecule has 2 N–H and O–H groups in total. The van der Waals surface area contributed by atoms with Gasteiger partial charge in [0.25, 0.3) is 0 Å². The number of nitrogens with zero attached hydrogens (tertiary/aromatic N) is 2. The van der Waals surface area contributed by atoms with Gasteiger partial charge in [0, 0.05) is 6.20 Å². The summed E-state index contributed by atoms with van der Waals surface area (Å²) in [6.07, 6.45) is 4.82. The van der Waals surface area contributed by atoms with E-state index < -0.39 is 5.97 Å². The van der Waals surface area contributed by atoms with E-state index in [4.69, 9.17) is 5.11 Å². The van der Waals surface area contributed by atoms with E-state index in [1.165, 1.54) is 12.3 Å². The predicted molar refractivity (Wildman–Crippen MR) is 58.7 cm³/mol. The van der Waals surface area contributed by atoms with Gasteiger partial charge in [0.05, 0.1) is 23.8 Å². The molecule has 0 unspecified atom stereocenters. The van der Waals surface area contributed by atoms with E-state index in [0.717, 1.165) is 11.4 Å². The van der Waals surface area contributed by atoms with Crippen LogP contribution in [0, 0.1) is 0 Å². The smallest absolute Gasteiger partial charge is 0.354 e. The van der Waals surface area contributed by atoms with Crippen molar-refractivity contribution in [2.24, 2.45) is 0 Å². The quantitative estimate of drug-likeness (QED) is 0.818. The van der Waals surface area contributed by atoms with Crippen LogP contribution in [-0.2, 0) is 0 Å². The molecule has 2 heterocycles. The van der Waals surface area contributed by atoms with Crippen LogP contribution in [0.5, 0.6) is 0 Å². The van der Waals surface area contributed by atoms with Gasteiger partial charge in [-0.2, -0.15) is 0 Å². The summed E-state index contributed by atoms with van der Waals surface area (Å²) in [5.74, 6) is -1.03. The Kier molecular flexibility index (Phi) is 2.77. The van der Waals surface area contributed by atoms with Gasteiger partial charge in [-0.15, -0.1) is 0 Å². The van der Waals surface area contributed by atoms with Crippen molar-refractivity contribution in [3.05, 3.63) is 48.5 Å². The second kappa shape index (κ2) is 4.39. The minimum absolute atomic E-state index is 0.0248. The Morgan fingerprint density at radius 3 is 2.56 bits per heavy atom. The molecule has 80 valence electrons. The third-order valence-electron chi connectivity index (χ3n) is 1.93. The van der Waals surface area contributed by atoms with Crippen molar-refractivity contribution in [2.45, 2.75) is 0 Å². The van der Waals surface area contributed by atoms with Crippen LogP contribution < -0.4 is 5.32 Å². The summed E-state index contributed by atoms with van der Waals surface area (Å²) in [6, 6.07) is 6.77. The van der Waals surface area contributed by atoms with E-state index in [9.17, 15) is 4.79 Å². The second-order valence-electron chi connectivity index (χ2n) is 3.10. The highest BCUT2D eigenvalue weighted by Crippen LogP contribution is 2.13. The molecular weight excluding hydrogens is 206 g/mol. The molecule has 0 radical (unpaired) electrons. The van der Waals surface area contributed by atoms with Crippen LogP contribution in [-0.4, -0.2) is 21.0 Å². The topological polar surface area (TPSA) is 75.1 Å². The van der Waals surface area contributed by atoms with E-state index in [2.05, 4.69) is 15.3 Å². The Morgan fingerprint density at radius 1 is 1.19 bits per heavy atom. The van der Waals surface area contributed by atoms with Crippen LogP contribution in [0.25, 0.3) is 0 Å². The first-order chi connectivity index (χ1) is 7.75. The molecule has 16 heavy (non-hydrogen) atoms. The highest BCUT2D eigenvalue weighted by molar-refractivity contribution is 5.85. The number of aromatic nitrogens is 2. The first-order valence-electron chi connectivity index (χ1n) is 4.62. The molecule has 0 aliphatic heterocycles. The van der Waals surface area contributed by atoms with Crippen LogP contribution in [0.2, 0.25) is 0 Å². The van der Waals surface area contributed by atoms with Crippen molar-refractivity contribution in [3.8, 4) is 0 Å². The van der Waals surface area contributed by atoms with E-state index in [1.807, 2.05) is 6.07 Å². The van der Waals surface area contributed by atoms with Crippen molar-refractivity contribution in [1.82, 2.24) is 9.97 Å². The monoisotopic (exact) mass is 215 g/mol. The molecule has 0 fully saturated rings. The van der Waals surface area contributed by atoms with Gasteiger partial charge in [0.1, 0.15) is 5.69 Å². The summed E-state index contributed by atoms with van der Waals surface area (Å²) in [4.78, 5) is 18.3. The Morgan fingerprint density at radius 2 is 2.00 bits per heavy atom. The summed E-state index contributed by atoms with van der Waals surface area (Å²) in [7, 11) is 0. The maximum Gasteiger partial charge on any atom is 0.354 e. The van der Waals surface area contributed by atoms with Crippen molar-refractivity contribution in [3.63, 3.8) is 0 Å². The molecule has 2 rings (SSSR count). The third-order valence-corrected chi connectivity index (χ3v) is 1.93. The van der Waals surface area contributed by atoms with Crippen molar-refractivity contribution in [2.75, 3.05) is 5.32 Å². The fourth-order valence-corrected chi connectivity index (χ4v) is 1.20. The number of carboxylic acids is 1. The Labute approximate surface area is 91.8 Å². The number of nitrogens with one attached hydrogen (secondary N) is 1. The van der Waals surface area contributed by atoms with Gasteiger partial charge < -0.3 is 10.4 Å².